The molecule has 2 aromatic rings. The number of carbonyl (C=O) groups excluding carboxylic acids is 1. The SMILES string of the molecule is CNCc1ccc(CC(=O)c2cc(N(CC3CC3)C3CCCCC3)ncn2)c(C)c1. The molecule has 2 aliphatic rings. The first-order valence-corrected chi connectivity index (χ1v) is 11.5. The first-order chi connectivity index (χ1) is 14.6. The summed E-state index contributed by atoms with van der Waals surface area (Å²) < 4.78 is 0. The summed E-state index contributed by atoms with van der Waals surface area (Å²) in [5.74, 6) is 1.80. The number of nitrogens with one attached hydrogen (secondary N) is 1. The number of hydrogen-bond acceptors (Lipinski definition) is 5. The Morgan fingerprint density at radius 1 is 1.10 bits per heavy atom. The molecule has 0 aliphatic heterocycles. The minimum atomic E-state index is 0.0677. The molecule has 30 heavy (non-hydrogen) atoms. The summed E-state index contributed by atoms with van der Waals surface area (Å²) in [7, 11) is 1.94. The minimum absolute atomic E-state index is 0.0677. The molecular weight excluding hydrogens is 372 g/mol. The first kappa shape index (κ1) is 21.0. The quantitative estimate of drug-likeness (QED) is 0.622. The normalized spacial score (nSPS) is 17.1. The fourth-order valence-electron chi connectivity index (χ4n) is 4.59. The smallest absolute Gasteiger partial charge is 0.185 e. The van der Waals surface area contributed by atoms with Gasteiger partial charge in [0, 0.05) is 31.6 Å². The molecule has 2 saturated carbocycles. The number of rotatable bonds is 9. The standard InChI is InChI=1S/C25H34N4O/c1-18-12-20(15-26-2)10-11-21(18)13-24(30)23-14-25(28-17-27-23)29(16-19-8-9-19)22-6-4-3-5-7-22/h10-12,14,17,19,22,26H,3-9,13,15-16H2,1-2H3. The largest absolute Gasteiger partial charge is 0.353 e. The number of aromatic nitrogens is 2. The van der Waals surface area contributed by atoms with E-state index in [9.17, 15) is 4.79 Å². The number of nitrogens with zero attached hydrogens (tertiary/aromatic N) is 3. The van der Waals surface area contributed by atoms with Crippen molar-refractivity contribution in [1.29, 1.82) is 0 Å². The Balaban J connectivity index is 1.50. The molecule has 4 rings (SSSR count). The van der Waals surface area contributed by atoms with Crippen LogP contribution in [-0.2, 0) is 13.0 Å². The van der Waals surface area contributed by atoms with Crippen LogP contribution in [0.25, 0.3) is 0 Å². The number of hydrogen-bond donors (Lipinski definition) is 1. The lowest BCUT2D eigenvalue weighted by Crippen LogP contribution is -2.39. The number of Topliss-reactive ketones (excluding diaryl/α,β-unsaturated/α-hetero) is 1. The molecule has 0 atom stereocenters. The van der Waals surface area contributed by atoms with E-state index in [1.165, 1.54) is 50.5 Å². The molecule has 0 amide bonds. The molecule has 0 saturated heterocycles. The molecule has 1 aromatic carbocycles. The van der Waals surface area contributed by atoms with Gasteiger partial charge >= 0.3 is 0 Å². The van der Waals surface area contributed by atoms with Gasteiger partial charge in [0.15, 0.2) is 5.78 Å². The van der Waals surface area contributed by atoms with Crippen molar-refractivity contribution in [2.75, 3.05) is 18.5 Å². The monoisotopic (exact) mass is 406 g/mol. The second kappa shape index (κ2) is 9.69. The Hall–Kier alpha value is -2.27. The van der Waals surface area contributed by atoms with Gasteiger partial charge in [-0.25, -0.2) is 9.97 Å². The summed E-state index contributed by atoms with van der Waals surface area (Å²) in [5.41, 5.74) is 4.00. The molecule has 0 bridgehead atoms. The van der Waals surface area contributed by atoms with Gasteiger partial charge in [0.2, 0.25) is 0 Å². The molecule has 160 valence electrons. The zero-order chi connectivity index (χ0) is 20.9. The van der Waals surface area contributed by atoms with Crippen molar-refractivity contribution in [3.8, 4) is 0 Å². The number of ketones is 1. The van der Waals surface area contributed by atoms with Crippen molar-refractivity contribution in [3.63, 3.8) is 0 Å². The highest BCUT2D eigenvalue weighted by molar-refractivity contribution is 5.96. The summed E-state index contributed by atoms with van der Waals surface area (Å²) in [6, 6.07) is 8.82. The number of benzene rings is 1. The molecule has 0 unspecified atom stereocenters. The van der Waals surface area contributed by atoms with Gasteiger partial charge in [-0.05, 0) is 62.3 Å². The predicted octanol–water partition coefficient (Wildman–Crippen LogP) is 4.48. The number of carbonyl (C=O) groups is 1. The highest BCUT2D eigenvalue weighted by Crippen LogP contribution is 2.34. The van der Waals surface area contributed by atoms with Gasteiger partial charge in [0.1, 0.15) is 17.8 Å². The molecule has 0 spiro atoms. The molecular formula is C25H34N4O. The summed E-state index contributed by atoms with van der Waals surface area (Å²) >= 11 is 0. The molecule has 2 fully saturated rings. The van der Waals surface area contributed by atoms with Crippen molar-refractivity contribution in [2.45, 2.75) is 70.9 Å². The Labute approximate surface area is 180 Å². The van der Waals surface area contributed by atoms with Crippen molar-refractivity contribution >= 4 is 11.6 Å². The van der Waals surface area contributed by atoms with Crippen LogP contribution in [0.3, 0.4) is 0 Å². The topological polar surface area (TPSA) is 58.1 Å². The average molecular weight is 407 g/mol. The Kier molecular flexibility index (Phi) is 6.78. The Morgan fingerprint density at radius 2 is 1.90 bits per heavy atom. The maximum absolute atomic E-state index is 13.0. The lowest BCUT2D eigenvalue weighted by atomic mass is 9.94. The van der Waals surface area contributed by atoms with Crippen LogP contribution in [0.2, 0.25) is 0 Å². The molecule has 5 heteroatoms. The average Bonchev–Trinajstić information content (AvgIpc) is 3.59. The second-order valence-electron chi connectivity index (χ2n) is 9.04. The zero-order valence-corrected chi connectivity index (χ0v) is 18.4. The van der Waals surface area contributed by atoms with Crippen molar-refractivity contribution in [3.05, 3.63) is 53.0 Å². The Morgan fingerprint density at radius 3 is 2.60 bits per heavy atom. The number of aryl methyl sites for hydroxylation is 1. The lowest BCUT2D eigenvalue weighted by Gasteiger charge is -2.35. The van der Waals surface area contributed by atoms with Gasteiger partial charge in [-0.3, -0.25) is 4.79 Å². The second-order valence-corrected chi connectivity index (χ2v) is 9.04. The van der Waals surface area contributed by atoms with Gasteiger partial charge in [0.05, 0.1) is 0 Å². The van der Waals surface area contributed by atoms with E-state index in [0.717, 1.165) is 36.0 Å². The molecule has 0 radical (unpaired) electrons. The van der Waals surface area contributed by atoms with E-state index >= 15 is 0 Å². The summed E-state index contributed by atoms with van der Waals surface area (Å²) in [4.78, 5) is 24.4. The summed E-state index contributed by atoms with van der Waals surface area (Å²) in [6.45, 7) is 3.98. The maximum Gasteiger partial charge on any atom is 0.185 e. The van der Waals surface area contributed by atoms with Crippen LogP contribution in [0.5, 0.6) is 0 Å². The molecule has 5 nitrogen and oxygen atoms in total. The highest BCUT2D eigenvalue weighted by Gasteiger charge is 2.30. The van der Waals surface area contributed by atoms with E-state index < -0.39 is 0 Å². The Bertz CT molecular complexity index is 871. The molecule has 1 aromatic heterocycles. The highest BCUT2D eigenvalue weighted by atomic mass is 16.1. The van der Waals surface area contributed by atoms with E-state index in [-0.39, 0.29) is 5.78 Å². The van der Waals surface area contributed by atoms with E-state index in [1.54, 1.807) is 6.33 Å². The van der Waals surface area contributed by atoms with Crippen molar-refractivity contribution < 1.29 is 4.79 Å². The van der Waals surface area contributed by atoms with E-state index in [1.807, 2.05) is 13.1 Å². The third-order valence-electron chi connectivity index (χ3n) is 6.54. The van der Waals surface area contributed by atoms with Gasteiger partial charge < -0.3 is 10.2 Å². The third kappa shape index (κ3) is 5.25. The van der Waals surface area contributed by atoms with E-state index in [2.05, 4.69) is 45.3 Å². The van der Waals surface area contributed by atoms with Gasteiger partial charge in [-0.15, -0.1) is 0 Å². The van der Waals surface area contributed by atoms with Crippen LogP contribution in [0.1, 0.15) is 72.1 Å². The number of anilines is 1. The van der Waals surface area contributed by atoms with E-state index in [4.69, 9.17) is 0 Å². The van der Waals surface area contributed by atoms with Crippen LogP contribution >= 0.6 is 0 Å². The lowest BCUT2D eigenvalue weighted by molar-refractivity contribution is 0.0988. The first-order valence-electron chi connectivity index (χ1n) is 11.5. The van der Waals surface area contributed by atoms with Gasteiger partial charge in [-0.2, -0.15) is 0 Å². The van der Waals surface area contributed by atoms with Crippen LogP contribution < -0.4 is 10.2 Å². The van der Waals surface area contributed by atoms with Gasteiger partial charge in [-0.1, -0.05) is 37.5 Å². The van der Waals surface area contributed by atoms with Crippen LogP contribution in [0.15, 0.2) is 30.6 Å². The van der Waals surface area contributed by atoms with Gasteiger partial charge in [0.25, 0.3) is 0 Å². The maximum atomic E-state index is 13.0. The van der Waals surface area contributed by atoms with E-state index in [0.29, 0.717) is 18.2 Å². The fraction of sp³-hybridized carbons (Fsp3) is 0.560. The molecule has 1 heterocycles. The van der Waals surface area contributed by atoms with Crippen molar-refractivity contribution in [2.24, 2.45) is 5.92 Å². The zero-order valence-electron chi connectivity index (χ0n) is 18.4. The van der Waals surface area contributed by atoms with Crippen LogP contribution in [-0.4, -0.2) is 35.4 Å². The molecule has 2 aliphatic carbocycles. The van der Waals surface area contributed by atoms with Crippen LogP contribution in [0, 0.1) is 12.8 Å². The molecule has 1 N–H and O–H groups in total. The predicted molar refractivity (Wildman–Crippen MR) is 121 cm³/mol. The van der Waals surface area contributed by atoms with Crippen LogP contribution in [0.4, 0.5) is 5.82 Å². The fourth-order valence-corrected chi connectivity index (χ4v) is 4.59. The van der Waals surface area contributed by atoms with Crippen molar-refractivity contribution in [1.82, 2.24) is 15.3 Å². The summed E-state index contributed by atoms with van der Waals surface area (Å²) in [6.07, 6.45) is 11.0. The third-order valence-corrected chi connectivity index (χ3v) is 6.54. The summed E-state index contributed by atoms with van der Waals surface area (Å²) in [5, 5.41) is 3.17. The minimum Gasteiger partial charge on any atom is -0.353 e.